The van der Waals surface area contributed by atoms with Crippen LogP contribution in [0.5, 0.6) is 0 Å². The Bertz CT molecular complexity index is 922. The molecule has 0 saturated carbocycles. The first-order chi connectivity index (χ1) is 14.6. The van der Waals surface area contributed by atoms with Crippen molar-refractivity contribution in [2.24, 2.45) is 0 Å². The second-order valence-electron chi connectivity index (χ2n) is 7.71. The van der Waals surface area contributed by atoms with E-state index in [0.717, 1.165) is 36.3 Å². The van der Waals surface area contributed by atoms with Crippen LogP contribution in [0.25, 0.3) is 6.08 Å². The molecule has 30 heavy (non-hydrogen) atoms. The van der Waals surface area contributed by atoms with Crippen LogP contribution in [0.1, 0.15) is 24.0 Å². The van der Waals surface area contributed by atoms with E-state index in [1.165, 1.54) is 12.1 Å². The van der Waals surface area contributed by atoms with Crippen LogP contribution in [0, 0.1) is 5.82 Å². The zero-order valence-electron chi connectivity index (χ0n) is 16.8. The predicted molar refractivity (Wildman–Crippen MR) is 118 cm³/mol. The molecule has 0 aromatic heterocycles. The minimum atomic E-state index is -0.296. The first-order valence-corrected chi connectivity index (χ1v) is 11.3. The average Bonchev–Trinajstić information content (AvgIpc) is 3.18. The molecule has 0 atom stereocenters. The maximum Gasteiger partial charge on any atom is 0.247 e. The van der Waals surface area contributed by atoms with E-state index in [-0.39, 0.29) is 28.9 Å². The Hall–Kier alpha value is -2.60. The minimum absolute atomic E-state index is 0.0370. The highest BCUT2D eigenvalue weighted by Gasteiger charge is 2.46. The minimum Gasteiger partial charge on any atom is -0.342 e. The first-order valence-electron chi connectivity index (χ1n) is 10.3. The summed E-state index contributed by atoms with van der Waals surface area (Å²) < 4.78 is 13.1. The third kappa shape index (κ3) is 4.59. The number of nitrogens with zero attached hydrogens (tertiary/aromatic N) is 2. The summed E-state index contributed by atoms with van der Waals surface area (Å²) in [5, 5.41) is 0. The summed E-state index contributed by atoms with van der Waals surface area (Å²) in [6, 6.07) is 15.9. The van der Waals surface area contributed by atoms with Gasteiger partial charge in [0.05, 0.1) is 11.3 Å². The van der Waals surface area contributed by atoms with Crippen LogP contribution in [-0.4, -0.2) is 51.9 Å². The molecule has 2 aliphatic rings. The van der Waals surface area contributed by atoms with Gasteiger partial charge in [-0.1, -0.05) is 42.5 Å². The van der Waals surface area contributed by atoms with Crippen LogP contribution in [0.3, 0.4) is 0 Å². The molecule has 2 aromatic carbocycles. The highest BCUT2D eigenvalue weighted by atomic mass is 32.2. The van der Waals surface area contributed by atoms with Crippen LogP contribution >= 0.6 is 11.8 Å². The lowest BCUT2D eigenvalue weighted by Gasteiger charge is -2.43. The van der Waals surface area contributed by atoms with Gasteiger partial charge in [0.1, 0.15) is 5.82 Å². The zero-order chi connectivity index (χ0) is 21.0. The molecule has 6 heteroatoms. The highest BCUT2D eigenvalue weighted by molar-refractivity contribution is 8.00. The lowest BCUT2D eigenvalue weighted by atomic mass is 10.0. The van der Waals surface area contributed by atoms with Crippen molar-refractivity contribution in [3.05, 3.63) is 77.6 Å². The zero-order valence-corrected chi connectivity index (χ0v) is 17.6. The Balaban J connectivity index is 1.36. The fraction of sp³-hybridized carbons (Fsp3) is 0.333. The standard InChI is InChI=1S/C24H25FN2O2S/c25-21-9-6-20(7-10-21)18-23(29)26-14-12-24(13-15-26)27(16-17-30-24)22(28)11-8-19-4-2-1-3-5-19/h1-11H,12-18H2. The van der Waals surface area contributed by atoms with Gasteiger partial charge in [-0.15, -0.1) is 11.8 Å². The van der Waals surface area contributed by atoms with Crippen LogP contribution in [0.2, 0.25) is 0 Å². The quantitative estimate of drug-likeness (QED) is 0.698. The normalized spacial score (nSPS) is 18.3. The molecule has 2 aromatic rings. The van der Waals surface area contributed by atoms with E-state index in [2.05, 4.69) is 0 Å². The largest absolute Gasteiger partial charge is 0.342 e. The maximum atomic E-state index is 13.1. The van der Waals surface area contributed by atoms with Gasteiger partial charge in [0, 0.05) is 31.5 Å². The lowest BCUT2D eigenvalue weighted by Crippen LogP contribution is -2.53. The van der Waals surface area contributed by atoms with Crippen LogP contribution in [0.15, 0.2) is 60.7 Å². The van der Waals surface area contributed by atoms with Gasteiger partial charge in [0.25, 0.3) is 0 Å². The molecule has 0 bridgehead atoms. The van der Waals surface area contributed by atoms with Gasteiger partial charge in [0.2, 0.25) is 11.8 Å². The number of thioether (sulfide) groups is 1. The third-order valence-electron chi connectivity index (χ3n) is 5.83. The van der Waals surface area contributed by atoms with Crippen molar-refractivity contribution >= 4 is 29.7 Å². The van der Waals surface area contributed by atoms with Gasteiger partial charge >= 0.3 is 0 Å². The molecule has 0 N–H and O–H groups in total. The van der Waals surface area contributed by atoms with Crippen molar-refractivity contribution in [1.82, 2.24) is 9.80 Å². The Morgan fingerprint density at radius 2 is 1.70 bits per heavy atom. The maximum absolute atomic E-state index is 13.1. The Morgan fingerprint density at radius 3 is 2.40 bits per heavy atom. The second kappa shape index (κ2) is 9.04. The summed E-state index contributed by atoms with van der Waals surface area (Å²) in [5.74, 6) is 0.723. The molecule has 2 saturated heterocycles. The smallest absolute Gasteiger partial charge is 0.247 e. The molecule has 2 amide bonds. The monoisotopic (exact) mass is 424 g/mol. The van der Waals surface area contributed by atoms with E-state index < -0.39 is 0 Å². The first kappa shape index (κ1) is 20.7. The molecule has 1 spiro atoms. The van der Waals surface area contributed by atoms with Gasteiger partial charge in [-0.3, -0.25) is 9.59 Å². The predicted octanol–water partition coefficient (Wildman–Crippen LogP) is 3.98. The van der Waals surface area contributed by atoms with Gasteiger partial charge in [-0.25, -0.2) is 4.39 Å². The Labute approximate surface area is 180 Å². The molecule has 0 unspecified atom stereocenters. The second-order valence-corrected chi connectivity index (χ2v) is 9.17. The number of benzene rings is 2. The molecule has 156 valence electrons. The molecular weight excluding hydrogens is 399 g/mol. The van der Waals surface area contributed by atoms with Crippen molar-refractivity contribution in [3.63, 3.8) is 0 Å². The molecular formula is C24H25FN2O2S. The number of rotatable bonds is 4. The number of halogens is 1. The van der Waals surface area contributed by atoms with Crippen molar-refractivity contribution in [2.75, 3.05) is 25.4 Å². The van der Waals surface area contributed by atoms with Crippen LogP contribution in [-0.2, 0) is 16.0 Å². The Morgan fingerprint density at radius 1 is 1.00 bits per heavy atom. The topological polar surface area (TPSA) is 40.6 Å². The Kier molecular flexibility index (Phi) is 6.23. The van der Waals surface area contributed by atoms with Crippen molar-refractivity contribution < 1.29 is 14.0 Å². The third-order valence-corrected chi connectivity index (χ3v) is 7.38. The molecule has 4 nitrogen and oxygen atoms in total. The number of carbonyl (C=O) groups is 2. The van der Waals surface area contributed by atoms with E-state index in [4.69, 9.17) is 0 Å². The van der Waals surface area contributed by atoms with Crippen molar-refractivity contribution in [3.8, 4) is 0 Å². The van der Waals surface area contributed by atoms with Crippen molar-refractivity contribution in [2.45, 2.75) is 24.1 Å². The summed E-state index contributed by atoms with van der Waals surface area (Å²) in [6.07, 6.45) is 5.35. The molecule has 0 aliphatic carbocycles. The number of likely N-dealkylation sites (tertiary alicyclic amines) is 1. The highest BCUT2D eigenvalue weighted by Crippen LogP contribution is 2.44. The molecule has 2 fully saturated rings. The van der Waals surface area contributed by atoms with Crippen molar-refractivity contribution in [1.29, 1.82) is 0 Å². The molecule has 4 rings (SSSR count). The summed E-state index contributed by atoms with van der Waals surface area (Å²) in [6.45, 7) is 2.02. The van der Waals surface area contributed by atoms with Gasteiger partial charge < -0.3 is 9.80 Å². The summed E-state index contributed by atoms with van der Waals surface area (Å²) in [4.78, 5) is 29.2. The van der Waals surface area contributed by atoms with Crippen LogP contribution in [0.4, 0.5) is 4.39 Å². The summed E-state index contributed by atoms with van der Waals surface area (Å²) in [7, 11) is 0. The number of hydrogen-bond acceptors (Lipinski definition) is 3. The van der Waals surface area contributed by atoms with E-state index >= 15 is 0 Å². The average molecular weight is 425 g/mol. The molecule has 2 aliphatic heterocycles. The van der Waals surface area contributed by atoms with Gasteiger partial charge in [0.15, 0.2) is 0 Å². The van der Waals surface area contributed by atoms with Gasteiger partial charge in [-0.2, -0.15) is 0 Å². The fourth-order valence-electron chi connectivity index (χ4n) is 4.15. The fourth-order valence-corrected chi connectivity index (χ4v) is 5.61. The number of carbonyl (C=O) groups excluding carboxylic acids is 2. The molecule has 2 heterocycles. The SMILES string of the molecule is O=C(Cc1ccc(F)cc1)N1CCC2(CC1)SCCN2C(=O)C=Cc1ccccc1. The van der Waals surface area contributed by atoms with Crippen LogP contribution < -0.4 is 0 Å². The van der Waals surface area contributed by atoms with E-state index in [1.54, 1.807) is 18.2 Å². The molecule has 0 radical (unpaired) electrons. The van der Waals surface area contributed by atoms with E-state index in [1.807, 2.05) is 58.0 Å². The van der Waals surface area contributed by atoms with E-state index in [9.17, 15) is 14.0 Å². The number of amides is 2. The van der Waals surface area contributed by atoms with Gasteiger partial charge in [-0.05, 0) is 42.2 Å². The lowest BCUT2D eigenvalue weighted by molar-refractivity contribution is -0.134. The summed E-state index contributed by atoms with van der Waals surface area (Å²) in [5.41, 5.74) is 1.83. The number of piperidine rings is 1. The number of hydrogen-bond donors (Lipinski definition) is 0. The summed E-state index contributed by atoms with van der Waals surface area (Å²) >= 11 is 1.83. The van der Waals surface area contributed by atoms with E-state index in [0.29, 0.717) is 13.1 Å².